The Balaban J connectivity index is 1.12. The number of hydrogen-bond acceptors (Lipinski definition) is 6. The van der Waals surface area contributed by atoms with Gasteiger partial charge in [-0.15, -0.1) is 10.2 Å². The summed E-state index contributed by atoms with van der Waals surface area (Å²) in [5.41, 5.74) is 1.96. The summed E-state index contributed by atoms with van der Waals surface area (Å²) >= 11 is 6.32. The summed E-state index contributed by atoms with van der Waals surface area (Å²) in [4.78, 5) is 8.14. The van der Waals surface area contributed by atoms with Gasteiger partial charge in [0.25, 0.3) is 5.92 Å². The average molecular weight is 545 g/mol. The van der Waals surface area contributed by atoms with Crippen LogP contribution >= 0.6 is 11.6 Å². The van der Waals surface area contributed by atoms with E-state index in [0.717, 1.165) is 43.0 Å². The minimum atomic E-state index is -2.71. The first-order chi connectivity index (χ1) is 18.2. The van der Waals surface area contributed by atoms with Crippen LogP contribution in [-0.4, -0.2) is 57.3 Å². The average Bonchev–Trinajstić information content (AvgIpc) is 3.63. The van der Waals surface area contributed by atoms with Gasteiger partial charge in [0.1, 0.15) is 11.6 Å². The Morgan fingerprint density at radius 2 is 1.92 bits per heavy atom. The maximum Gasteiger partial charge on any atom is 0.263 e. The minimum Gasteiger partial charge on any atom is -0.493 e. The van der Waals surface area contributed by atoms with Crippen molar-refractivity contribution >= 4 is 17.4 Å². The standard InChI is InChI=1S/C27H28ClF3N6O/c1-38-22-7-20(29)10-32-25(22)36-13-26(14-36)8-17(9-26)24-34-33-23-12-35(15-27(30,31)18-2-3-18)11-16-6-19(28)4-5-21(16)37(23)24/h4-7,10,17-18H,2-3,8-9,11-15H2,1H3. The minimum absolute atomic E-state index is 0.143. The van der Waals surface area contributed by atoms with E-state index in [1.165, 1.54) is 19.4 Å². The zero-order valence-corrected chi connectivity index (χ0v) is 21.8. The summed E-state index contributed by atoms with van der Waals surface area (Å²) in [5.74, 6) is -0.784. The molecular formula is C27H28ClF3N6O. The van der Waals surface area contributed by atoms with E-state index in [1.54, 1.807) is 4.90 Å². The molecule has 7 nitrogen and oxygen atoms in total. The number of rotatable bonds is 6. The molecule has 1 spiro atoms. The maximum absolute atomic E-state index is 14.8. The topological polar surface area (TPSA) is 59.3 Å². The van der Waals surface area contributed by atoms with Crippen molar-refractivity contribution in [2.45, 2.75) is 50.6 Å². The van der Waals surface area contributed by atoms with Gasteiger partial charge in [-0.3, -0.25) is 9.47 Å². The normalized spacial score (nSPS) is 20.9. The molecule has 38 heavy (non-hydrogen) atoms. The fourth-order valence-electron chi connectivity index (χ4n) is 6.54. The molecule has 200 valence electrons. The van der Waals surface area contributed by atoms with Crippen LogP contribution in [0.5, 0.6) is 5.75 Å². The van der Waals surface area contributed by atoms with Crippen molar-refractivity contribution < 1.29 is 17.9 Å². The molecule has 1 aromatic carbocycles. The molecule has 2 saturated carbocycles. The van der Waals surface area contributed by atoms with Gasteiger partial charge in [-0.25, -0.2) is 18.2 Å². The molecule has 0 amide bonds. The Morgan fingerprint density at radius 3 is 2.66 bits per heavy atom. The molecular weight excluding hydrogens is 517 g/mol. The third kappa shape index (κ3) is 4.04. The number of hydrogen-bond donors (Lipinski definition) is 0. The van der Waals surface area contributed by atoms with Gasteiger partial charge in [0.05, 0.1) is 32.1 Å². The fraction of sp³-hybridized carbons (Fsp3) is 0.519. The Bertz CT molecular complexity index is 1400. The predicted molar refractivity (Wildman–Crippen MR) is 136 cm³/mol. The summed E-state index contributed by atoms with van der Waals surface area (Å²) < 4.78 is 50.5. The van der Waals surface area contributed by atoms with Crippen molar-refractivity contribution in [1.29, 1.82) is 0 Å². The van der Waals surface area contributed by atoms with E-state index in [4.69, 9.17) is 16.3 Å². The first kappa shape index (κ1) is 24.2. The van der Waals surface area contributed by atoms with Crippen molar-refractivity contribution in [2.24, 2.45) is 11.3 Å². The first-order valence-corrected chi connectivity index (χ1v) is 13.4. The summed E-state index contributed by atoms with van der Waals surface area (Å²) in [6.45, 7) is 2.03. The number of aromatic nitrogens is 4. The number of benzene rings is 1. The van der Waals surface area contributed by atoms with Crippen molar-refractivity contribution in [3.8, 4) is 11.4 Å². The van der Waals surface area contributed by atoms with Crippen LogP contribution in [0.3, 0.4) is 0 Å². The van der Waals surface area contributed by atoms with Gasteiger partial charge < -0.3 is 9.64 Å². The molecule has 4 heterocycles. The molecule has 4 aliphatic rings. The summed E-state index contributed by atoms with van der Waals surface area (Å²) in [5, 5.41) is 9.65. The van der Waals surface area contributed by atoms with E-state index in [2.05, 4.69) is 24.6 Å². The first-order valence-electron chi connectivity index (χ1n) is 13.0. The lowest BCUT2D eigenvalue weighted by atomic mass is 9.57. The molecule has 1 saturated heterocycles. The summed E-state index contributed by atoms with van der Waals surface area (Å²) in [7, 11) is 1.52. The van der Waals surface area contributed by atoms with Crippen LogP contribution < -0.4 is 9.64 Å². The van der Waals surface area contributed by atoms with E-state index in [9.17, 15) is 13.2 Å². The number of fused-ring (bicyclic) bond motifs is 3. The number of anilines is 1. The van der Waals surface area contributed by atoms with E-state index in [-0.39, 0.29) is 17.9 Å². The number of alkyl halides is 2. The van der Waals surface area contributed by atoms with Crippen molar-refractivity contribution in [3.05, 3.63) is 58.5 Å². The third-order valence-electron chi connectivity index (χ3n) is 8.50. The van der Waals surface area contributed by atoms with Gasteiger partial charge >= 0.3 is 0 Å². The van der Waals surface area contributed by atoms with Crippen LogP contribution in [0.2, 0.25) is 5.02 Å². The van der Waals surface area contributed by atoms with Gasteiger partial charge in [-0.05, 0) is 49.4 Å². The predicted octanol–water partition coefficient (Wildman–Crippen LogP) is 5.21. The second kappa shape index (κ2) is 8.58. The number of ether oxygens (including phenoxy) is 1. The van der Waals surface area contributed by atoms with Gasteiger partial charge in [0.15, 0.2) is 17.4 Å². The van der Waals surface area contributed by atoms with Gasteiger partial charge in [0, 0.05) is 48.0 Å². The SMILES string of the molecule is COc1cc(F)cnc1N1CC2(CC(c3nnc4n3-c3ccc(Cl)cc3CN(CC(F)(F)C3CC3)C4)C2)C1. The van der Waals surface area contributed by atoms with E-state index >= 15 is 0 Å². The van der Waals surface area contributed by atoms with Gasteiger partial charge in [-0.2, -0.15) is 0 Å². The highest BCUT2D eigenvalue weighted by molar-refractivity contribution is 6.30. The highest BCUT2D eigenvalue weighted by Gasteiger charge is 2.55. The van der Waals surface area contributed by atoms with Crippen LogP contribution in [0.25, 0.3) is 5.69 Å². The molecule has 0 radical (unpaired) electrons. The molecule has 0 unspecified atom stereocenters. The van der Waals surface area contributed by atoms with E-state index < -0.39 is 17.7 Å². The molecule has 0 atom stereocenters. The van der Waals surface area contributed by atoms with Crippen LogP contribution in [0, 0.1) is 17.2 Å². The van der Waals surface area contributed by atoms with E-state index in [1.807, 2.05) is 18.2 Å². The summed E-state index contributed by atoms with van der Waals surface area (Å²) in [6, 6.07) is 7.00. The summed E-state index contributed by atoms with van der Waals surface area (Å²) in [6.07, 6.45) is 4.28. The Kier molecular flexibility index (Phi) is 5.46. The quantitative estimate of drug-likeness (QED) is 0.425. The second-order valence-electron chi connectivity index (χ2n) is 11.4. The largest absolute Gasteiger partial charge is 0.493 e. The second-order valence-corrected chi connectivity index (χ2v) is 11.8. The van der Waals surface area contributed by atoms with Crippen molar-refractivity contribution in [1.82, 2.24) is 24.6 Å². The highest BCUT2D eigenvalue weighted by atomic mass is 35.5. The molecule has 0 bridgehead atoms. The Hall–Kier alpha value is -2.85. The fourth-order valence-corrected chi connectivity index (χ4v) is 6.74. The lowest BCUT2D eigenvalue weighted by molar-refractivity contribution is -0.0558. The lowest BCUT2D eigenvalue weighted by Crippen LogP contribution is -2.62. The van der Waals surface area contributed by atoms with Crippen LogP contribution in [0.4, 0.5) is 19.0 Å². The molecule has 3 aromatic rings. The van der Waals surface area contributed by atoms with Crippen LogP contribution in [0.1, 0.15) is 48.8 Å². The molecule has 7 rings (SSSR count). The highest BCUT2D eigenvalue weighted by Crippen LogP contribution is 2.57. The smallest absolute Gasteiger partial charge is 0.263 e. The molecule has 2 aliphatic carbocycles. The number of pyridine rings is 1. The van der Waals surface area contributed by atoms with Crippen LogP contribution in [0.15, 0.2) is 30.5 Å². The zero-order valence-electron chi connectivity index (χ0n) is 21.0. The Labute approximate surface area is 223 Å². The van der Waals surface area contributed by atoms with Gasteiger partial charge in [0.2, 0.25) is 0 Å². The van der Waals surface area contributed by atoms with Crippen LogP contribution in [-0.2, 0) is 13.1 Å². The van der Waals surface area contributed by atoms with Gasteiger partial charge in [-0.1, -0.05) is 11.6 Å². The van der Waals surface area contributed by atoms with Crippen molar-refractivity contribution in [3.63, 3.8) is 0 Å². The maximum atomic E-state index is 14.8. The van der Waals surface area contributed by atoms with Crippen molar-refractivity contribution in [2.75, 3.05) is 31.6 Å². The molecule has 11 heteroatoms. The van der Waals surface area contributed by atoms with E-state index in [0.29, 0.717) is 48.3 Å². The molecule has 0 N–H and O–H groups in total. The monoisotopic (exact) mass is 544 g/mol. The third-order valence-corrected chi connectivity index (χ3v) is 8.74. The number of halogens is 4. The molecule has 3 fully saturated rings. The zero-order chi connectivity index (χ0) is 26.2. The Morgan fingerprint density at radius 1 is 1.13 bits per heavy atom. The molecule has 2 aliphatic heterocycles. The number of methoxy groups -OCH3 is 1. The lowest BCUT2D eigenvalue weighted by Gasteiger charge is -2.59. The number of nitrogens with zero attached hydrogens (tertiary/aromatic N) is 6. The molecule has 2 aromatic heterocycles.